The number of halogens is 2. The Kier molecular flexibility index (Phi) is 8.79. The van der Waals surface area contributed by atoms with E-state index in [1.807, 2.05) is 37.3 Å². The molecule has 0 aromatic heterocycles. The molecule has 0 saturated heterocycles. The summed E-state index contributed by atoms with van der Waals surface area (Å²) in [6.07, 6.45) is 6.18. The van der Waals surface area contributed by atoms with E-state index in [0.717, 1.165) is 31.2 Å². The second-order valence-corrected chi connectivity index (χ2v) is 8.94. The minimum absolute atomic E-state index is 0.101. The van der Waals surface area contributed by atoms with Gasteiger partial charge in [-0.15, -0.1) is 0 Å². The molecule has 0 heterocycles. The first kappa shape index (κ1) is 23.6. The molecule has 3 rings (SSSR count). The van der Waals surface area contributed by atoms with Crippen LogP contribution in [0, 0.1) is 0 Å². The second-order valence-electron chi connectivity index (χ2n) is 8.12. The molecule has 1 unspecified atom stereocenters. The van der Waals surface area contributed by atoms with Crippen LogP contribution >= 0.6 is 23.2 Å². The van der Waals surface area contributed by atoms with E-state index in [1.54, 1.807) is 23.1 Å². The molecule has 0 aliphatic heterocycles. The lowest BCUT2D eigenvalue weighted by Crippen LogP contribution is -2.52. The number of benzene rings is 2. The normalized spacial score (nSPS) is 15.3. The lowest BCUT2D eigenvalue weighted by Gasteiger charge is -2.33. The third-order valence-electron chi connectivity index (χ3n) is 5.92. The average Bonchev–Trinajstić information content (AvgIpc) is 2.78. The van der Waals surface area contributed by atoms with Gasteiger partial charge in [0.1, 0.15) is 6.04 Å². The first-order valence-corrected chi connectivity index (χ1v) is 11.8. The Bertz CT molecular complexity index is 862. The van der Waals surface area contributed by atoms with Gasteiger partial charge in [0, 0.05) is 41.0 Å². The Balaban J connectivity index is 1.91. The molecule has 2 amide bonds. The fraction of sp³-hybridized carbons (Fsp3) is 0.440. The molecule has 2 aromatic rings. The highest BCUT2D eigenvalue weighted by atomic mass is 35.5. The Morgan fingerprint density at radius 2 is 1.65 bits per heavy atom. The summed E-state index contributed by atoms with van der Waals surface area (Å²) < 4.78 is 0. The summed E-state index contributed by atoms with van der Waals surface area (Å²) in [5.74, 6) is -0.212. The van der Waals surface area contributed by atoms with E-state index in [2.05, 4.69) is 5.32 Å². The lowest BCUT2D eigenvalue weighted by molar-refractivity contribution is -0.141. The maximum absolute atomic E-state index is 13.5. The quantitative estimate of drug-likeness (QED) is 0.541. The van der Waals surface area contributed by atoms with Crippen LogP contribution in [0.2, 0.25) is 10.0 Å². The second kappa shape index (κ2) is 11.5. The van der Waals surface area contributed by atoms with Crippen molar-refractivity contribution in [3.63, 3.8) is 0 Å². The SMILES string of the molecule is CCC(=O)N(Cc1c(Cl)cccc1Cl)C(Cc1ccccc1)C(=O)NC1CCCCC1. The van der Waals surface area contributed by atoms with Gasteiger partial charge in [-0.3, -0.25) is 9.59 Å². The Morgan fingerprint density at radius 3 is 2.26 bits per heavy atom. The van der Waals surface area contributed by atoms with Gasteiger partial charge in [0.15, 0.2) is 0 Å². The largest absolute Gasteiger partial charge is 0.352 e. The van der Waals surface area contributed by atoms with Crippen molar-refractivity contribution in [2.45, 2.75) is 70.5 Å². The summed E-state index contributed by atoms with van der Waals surface area (Å²) in [7, 11) is 0. The van der Waals surface area contributed by atoms with Crippen molar-refractivity contribution in [1.82, 2.24) is 10.2 Å². The minimum Gasteiger partial charge on any atom is -0.352 e. The zero-order valence-corrected chi connectivity index (χ0v) is 19.5. The molecular weight excluding hydrogens is 431 g/mol. The molecule has 6 heteroatoms. The van der Waals surface area contributed by atoms with E-state index < -0.39 is 6.04 Å². The molecule has 1 aliphatic carbocycles. The van der Waals surface area contributed by atoms with Crippen molar-refractivity contribution in [3.8, 4) is 0 Å². The third kappa shape index (κ3) is 6.47. The van der Waals surface area contributed by atoms with Gasteiger partial charge in [0.25, 0.3) is 0 Å². The maximum atomic E-state index is 13.5. The first-order chi connectivity index (χ1) is 15.0. The highest BCUT2D eigenvalue weighted by Crippen LogP contribution is 2.27. The summed E-state index contributed by atoms with van der Waals surface area (Å²) in [4.78, 5) is 28.1. The van der Waals surface area contributed by atoms with Crippen LogP contribution < -0.4 is 5.32 Å². The van der Waals surface area contributed by atoms with Crippen LogP contribution in [-0.2, 0) is 22.6 Å². The van der Waals surface area contributed by atoms with Gasteiger partial charge in [-0.2, -0.15) is 0 Å². The molecule has 1 N–H and O–H groups in total. The topological polar surface area (TPSA) is 49.4 Å². The monoisotopic (exact) mass is 460 g/mol. The van der Waals surface area contributed by atoms with Crippen LogP contribution in [0.4, 0.5) is 0 Å². The highest BCUT2D eigenvalue weighted by Gasteiger charge is 2.32. The molecule has 166 valence electrons. The Labute approximate surface area is 194 Å². The number of nitrogens with zero attached hydrogens (tertiary/aromatic N) is 1. The van der Waals surface area contributed by atoms with Crippen molar-refractivity contribution in [3.05, 3.63) is 69.7 Å². The van der Waals surface area contributed by atoms with E-state index in [-0.39, 0.29) is 24.4 Å². The lowest BCUT2D eigenvalue weighted by atomic mass is 9.94. The van der Waals surface area contributed by atoms with Crippen molar-refractivity contribution in [2.75, 3.05) is 0 Å². The number of carbonyl (C=O) groups is 2. The number of rotatable bonds is 8. The molecule has 1 aliphatic rings. The molecule has 1 atom stereocenters. The van der Waals surface area contributed by atoms with Gasteiger partial charge in [-0.25, -0.2) is 0 Å². The maximum Gasteiger partial charge on any atom is 0.243 e. The zero-order chi connectivity index (χ0) is 22.2. The minimum atomic E-state index is -0.635. The van der Waals surface area contributed by atoms with Crippen LogP contribution in [0.25, 0.3) is 0 Å². The molecular formula is C25H30Cl2N2O2. The van der Waals surface area contributed by atoms with Gasteiger partial charge in [-0.05, 0) is 30.5 Å². The molecule has 0 bridgehead atoms. The summed E-state index contributed by atoms with van der Waals surface area (Å²) in [5, 5.41) is 4.20. The van der Waals surface area contributed by atoms with Crippen molar-refractivity contribution in [1.29, 1.82) is 0 Å². The third-order valence-corrected chi connectivity index (χ3v) is 6.62. The van der Waals surface area contributed by atoms with Gasteiger partial charge in [0.05, 0.1) is 0 Å². The van der Waals surface area contributed by atoms with E-state index in [4.69, 9.17) is 23.2 Å². The highest BCUT2D eigenvalue weighted by molar-refractivity contribution is 6.36. The molecule has 1 saturated carbocycles. The predicted molar refractivity (Wildman–Crippen MR) is 126 cm³/mol. The van der Waals surface area contributed by atoms with Gasteiger partial charge < -0.3 is 10.2 Å². The predicted octanol–water partition coefficient (Wildman–Crippen LogP) is 5.79. The van der Waals surface area contributed by atoms with Gasteiger partial charge in [0.2, 0.25) is 11.8 Å². The van der Waals surface area contributed by atoms with Gasteiger partial charge >= 0.3 is 0 Å². The fourth-order valence-electron chi connectivity index (χ4n) is 4.16. The number of amides is 2. The van der Waals surface area contributed by atoms with Crippen molar-refractivity contribution < 1.29 is 9.59 Å². The van der Waals surface area contributed by atoms with E-state index in [1.165, 1.54) is 6.42 Å². The molecule has 0 spiro atoms. The number of hydrogen-bond donors (Lipinski definition) is 1. The number of hydrogen-bond acceptors (Lipinski definition) is 2. The first-order valence-electron chi connectivity index (χ1n) is 11.1. The van der Waals surface area contributed by atoms with E-state index in [0.29, 0.717) is 28.5 Å². The molecule has 31 heavy (non-hydrogen) atoms. The van der Waals surface area contributed by atoms with Crippen LogP contribution in [0.5, 0.6) is 0 Å². The van der Waals surface area contributed by atoms with Crippen LogP contribution in [-0.4, -0.2) is 28.8 Å². The molecule has 1 fully saturated rings. The van der Waals surface area contributed by atoms with Crippen LogP contribution in [0.3, 0.4) is 0 Å². The Morgan fingerprint density at radius 1 is 1.00 bits per heavy atom. The average molecular weight is 461 g/mol. The summed E-state index contributed by atoms with van der Waals surface area (Å²) in [5.41, 5.74) is 1.67. The number of nitrogens with one attached hydrogen (secondary N) is 1. The Hall–Kier alpha value is -2.04. The molecule has 0 radical (unpaired) electrons. The van der Waals surface area contributed by atoms with Crippen LogP contribution in [0.1, 0.15) is 56.6 Å². The fourth-order valence-corrected chi connectivity index (χ4v) is 4.67. The van der Waals surface area contributed by atoms with Crippen molar-refractivity contribution in [2.24, 2.45) is 0 Å². The summed E-state index contributed by atoms with van der Waals surface area (Å²) in [6.45, 7) is 2.00. The van der Waals surface area contributed by atoms with E-state index >= 15 is 0 Å². The smallest absolute Gasteiger partial charge is 0.243 e. The molecule has 4 nitrogen and oxygen atoms in total. The summed E-state index contributed by atoms with van der Waals surface area (Å²) >= 11 is 12.8. The van der Waals surface area contributed by atoms with E-state index in [9.17, 15) is 9.59 Å². The summed E-state index contributed by atoms with van der Waals surface area (Å²) in [6, 6.07) is 14.6. The molecule has 2 aromatic carbocycles. The standard InChI is InChI=1S/C25H30Cl2N2O2/c1-2-24(30)29(17-20-21(26)14-9-15-22(20)27)23(16-18-10-5-3-6-11-18)25(31)28-19-12-7-4-8-13-19/h3,5-6,9-11,14-15,19,23H,2,4,7-8,12-13,16-17H2,1H3,(H,28,31). The number of carbonyl (C=O) groups excluding carboxylic acids is 2. The zero-order valence-electron chi connectivity index (χ0n) is 17.9. The van der Waals surface area contributed by atoms with Gasteiger partial charge in [-0.1, -0.05) is 85.8 Å². The van der Waals surface area contributed by atoms with Crippen LogP contribution in [0.15, 0.2) is 48.5 Å². The van der Waals surface area contributed by atoms with Crippen molar-refractivity contribution >= 4 is 35.0 Å².